The van der Waals surface area contributed by atoms with Gasteiger partial charge in [-0.2, -0.15) is 5.10 Å². The molecule has 0 unspecified atom stereocenters. The van der Waals surface area contributed by atoms with Crippen LogP contribution in [0.1, 0.15) is 34.7 Å². The number of hydrogen-bond acceptors (Lipinski definition) is 5. The van der Waals surface area contributed by atoms with Gasteiger partial charge in [0.25, 0.3) is 0 Å². The van der Waals surface area contributed by atoms with Crippen molar-refractivity contribution >= 4 is 33.0 Å². The van der Waals surface area contributed by atoms with Crippen LogP contribution in [-0.4, -0.2) is 17.3 Å². The fourth-order valence-corrected chi connectivity index (χ4v) is 4.87. The van der Waals surface area contributed by atoms with Crippen LogP contribution in [0.5, 0.6) is 11.5 Å². The largest absolute Gasteiger partial charge is 0.490 e. The van der Waals surface area contributed by atoms with Crippen molar-refractivity contribution in [3.8, 4) is 11.5 Å². The first-order chi connectivity index (χ1) is 14.2. The van der Waals surface area contributed by atoms with Gasteiger partial charge in [0, 0.05) is 16.5 Å². The fraction of sp³-hybridized carbons (Fsp3) is 0.174. The van der Waals surface area contributed by atoms with Gasteiger partial charge < -0.3 is 9.47 Å². The van der Waals surface area contributed by atoms with Gasteiger partial charge in [0.05, 0.1) is 16.6 Å². The summed E-state index contributed by atoms with van der Waals surface area (Å²) in [5.41, 5.74) is 3.33. The lowest BCUT2D eigenvalue weighted by molar-refractivity contribution is -0.0166. The Hall–Kier alpha value is -2.57. The molecular formula is C23H19BrN2O2S. The lowest BCUT2D eigenvalue weighted by atomic mass is 9.96. The maximum absolute atomic E-state index is 6.37. The molecule has 0 aliphatic carbocycles. The molecule has 0 bridgehead atoms. The Morgan fingerprint density at radius 3 is 2.86 bits per heavy atom. The van der Waals surface area contributed by atoms with Crippen LogP contribution >= 0.6 is 27.3 Å². The predicted molar refractivity (Wildman–Crippen MR) is 120 cm³/mol. The Balaban J connectivity index is 1.50. The molecule has 0 saturated heterocycles. The number of halogens is 1. The van der Waals surface area contributed by atoms with Crippen molar-refractivity contribution in [2.45, 2.75) is 18.7 Å². The molecule has 0 N–H and O–H groups in total. The minimum atomic E-state index is -0.207. The van der Waals surface area contributed by atoms with Crippen LogP contribution < -0.4 is 9.47 Å². The summed E-state index contributed by atoms with van der Waals surface area (Å²) in [6.07, 6.45) is 2.37. The van der Waals surface area contributed by atoms with E-state index in [-0.39, 0.29) is 12.3 Å². The molecule has 2 aromatic carbocycles. The molecule has 29 heavy (non-hydrogen) atoms. The third-order valence-electron chi connectivity index (χ3n) is 5.09. The first-order valence-electron chi connectivity index (χ1n) is 9.42. The smallest absolute Gasteiger partial charge is 0.222 e. The highest BCUT2D eigenvalue weighted by Crippen LogP contribution is 2.48. The summed E-state index contributed by atoms with van der Waals surface area (Å²) in [6.45, 7) is 4.19. The lowest BCUT2D eigenvalue weighted by Gasteiger charge is -2.37. The summed E-state index contributed by atoms with van der Waals surface area (Å²) in [5.74, 6) is 1.76. The molecule has 0 fully saturated rings. The third-order valence-corrected chi connectivity index (χ3v) is 6.49. The van der Waals surface area contributed by atoms with Crippen LogP contribution in [0.25, 0.3) is 0 Å². The molecule has 0 spiro atoms. The number of hydrogen-bond donors (Lipinski definition) is 0. The van der Waals surface area contributed by atoms with Crippen molar-refractivity contribution in [2.24, 2.45) is 5.10 Å². The van der Waals surface area contributed by atoms with E-state index >= 15 is 0 Å². The Morgan fingerprint density at radius 2 is 2.10 bits per heavy atom. The van der Waals surface area contributed by atoms with Gasteiger partial charge in [-0.15, -0.1) is 11.3 Å². The number of rotatable bonds is 5. The molecule has 2 atom stereocenters. The van der Waals surface area contributed by atoms with Crippen molar-refractivity contribution in [1.29, 1.82) is 0 Å². The van der Waals surface area contributed by atoms with Crippen LogP contribution in [0.4, 0.5) is 0 Å². The van der Waals surface area contributed by atoms with E-state index in [1.54, 1.807) is 17.4 Å². The molecule has 3 heterocycles. The lowest BCUT2D eigenvalue weighted by Crippen LogP contribution is -2.33. The molecule has 0 amide bonds. The number of ether oxygens (including phenoxy) is 2. The summed E-state index contributed by atoms with van der Waals surface area (Å²) in [4.78, 5) is 1.15. The molecule has 1 aromatic heterocycles. The first kappa shape index (κ1) is 18.5. The Kier molecular flexibility index (Phi) is 4.89. The van der Waals surface area contributed by atoms with E-state index in [9.17, 15) is 0 Å². The van der Waals surface area contributed by atoms with E-state index in [0.29, 0.717) is 6.61 Å². The molecule has 4 nitrogen and oxygen atoms in total. The van der Waals surface area contributed by atoms with E-state index in [2.05, 4.69) is 63.2 Å². The standard InChI is InChI=1S/C23H19BrN2O2S/c1-2-11-27-17-8-5-15(6-9-17)19-14-20-18-13-16(24)7-10-21(18)28-23(26(20)25-19)22-4-3-12-29-22/h2-10,12-13,20,23H,1,11,14H2/t20-,23+/m1/s1. The van der Waals surface area contributed by atoms with Crippen LogP contribution in [0.3, 0.4) is 0 Å². The average molecular weight is 467 g/mol. The minimum Gasteiger partial charge on any atom is -0.490 e. The number of thiophene rings is 1. The molecule has 6 heteroatoms. The van der Waals surface area contributed by atoms with E-state index in [1.807, 2.05) is 24.3 Å². The van der Waals surface area contributed by atoms with Crippen molar-refractivity contribution in [3.63, 3.8) is 0 Å². The monoisotopic (exact) mass is 466 g/mol. The zero-order valence-corrected chi connectivity index (χ0v) is 18.0. The van der Waals surface area contributed by atoms with Crippen LogP contribution in [0.15, 0.2) is 82.2 Å². The van der Waals surface area contributed by atoms with Gasteiger partial charge in [0.2, 0.25) is 6.23 Å². The molecule has 2 aliphatic rings. The van der Waals surface area contributed by atoms with Gasteiger partial charge in [-0.1, -0.05) is 34.7 Å². The summed E-state index contributed by atoms with van der Waals surface area (Å²) < 4.78 is 13.0. The highest BCUT2D eigenvalue weighted by atomic mass is 79.9. The van der Waals surface area contributed by atoms with E-state index < -0.39 is 0 Å². The molecule has 146 valence electrons. The van der Waals surface area contributed by atoms with Crippen molar-refractivity contribution < 1.29 is 9.47 Å². The van der Waals surface area contributed by atoms with Crippen LogP contribution in [0.2, 0.25) is 0 Å². The molecule has 0 saturated carbocycles. The van der Waals surface area contributed by atoms with Gasteiger partial charge >= 0.3 is 0 Å². The van der Waals surface area contributed by atoms with E-state index in [1.165, 1.54) is 0 Å². The van der Waals surface area contributed by atoms with Crippen LogP contribution in [-0.2, 0) is 0 Å². The number of fused-ring (bicyclic) bond motifs is 3. The quantitative estimate of drug-likeness (QED) is 0.412. The van der Waals surface area contributed by atoms with Gasteiger partial charge in [-0.25, -0.2) is 5.01 Å². The molecule has 2 aliphatic heterocycles. The van der Waals surface area contributed by atoms with E-state index in [0.717, 1.165) is 44.1 Å². The van der Waals surface area contributed by atoms with Gasteiger partial charge in [0.15, 0.2) is 0 Å². The highest BCUT2D eigenvalue weighted by Gasteiger charge is 2.41. The van der Waals surface area contributed by atoms with Crippen molar-refractivity contribution in [1.82, 2.24) is 5.01 Å². The Morgan fingerprint density at radius 1 is 1.24 bits per heavy atom. The van der Waals surface area contributed by atoms with Crippen molar-refractivity contribution in [3.05, 3.63) is 93.1 Å². The van der Waals surface area contributed by atoms with Gasteiger partial charge in [-0.05, 0) is 59.5 Å². The second kappa shape index (κ2) is 7.69. The highest BCUT2D eigenvalue weighted by molar-refractivity contribution is 9.10. The van der Waals surface area contributed by atoms with E-state index in [4.69, 9.17) is 14.6 Å². The molecule has 5 rings (SSSR count). The zero-order chi connectivity index (χ0) is 19.8. The van der Waals surface area contributed by atoms with Gasteiger partial charge in [-0.3, -0.25) is 0 Å². The predicted octanol–water partition coefficient (Wildman–Crippen LogP) is 6.32. The zero-order valence-electron chi connectivity index (χ0n) is 15.6. The Bertz CT molecular complexity index is 1060. The van der Waals surface area contributed by atoms with Crippen LogP contribution in [0, 0.1) is 0 Å². The maximum atomic E-state index is 6.37. The number of benzene rings is 2. The summed E-state index contributed by atoms with van der Waals surface area (Å²) in [5, 5.41) is 9.18. The SMILES string of the molecule is C=CCOc1ccc(C2=NN3[C@H](C2)c2cc(Br)ccc2O[C@H]3c2cccs2)cc1. The maximum Gasteiger partial charge on any atom is 0.222 e. The summed E-state index contributed by atoms with van der Waals surface area (Å²) >= 11 is 5.29. The summed E-state index contributed by atoms with van der Waals surface area (Å²) in [6, 6.07) is 18.6. The third kappa shape index (κ3) is 3.47. The number of hydrazone groups is 1. The second-order valence-electron chi connectivity index (χ2n) is 6.94. The fourth-order valence-electron chi connectivity index (χ4n) is 3.75. The normalized spacial score (nSPS) is 19.8. The molecule has 0 radical (unpaired) electrons. The second-order valence-corrected chi connectivity index (χ2v) is 8.83. The molecular weight excluding hydrogens is 448 g/mol. The van der Waals surface area contributed by atoms with Crippen molar-refractivity contribution in [2.75, 3.05) is 6.61 Å². The number of nitrogens with zero attached hydrogens (tertiary/aromatic N) is 2. The summed E-state index contributed by atoms with van der Waals surface area (Å²) in [7, 11) is 0. The molecule has 3 aromatic rings. The average Bonchev–Trinajstić information content (AvgIpc) is 3.42. The topological polar surface area (TPSA) is 34.1 Å². The van der Waals surface area contributed by atoms with Gasteiger partial charge in [0.1, 0.15) is 18.1 Å². The first-order valence-corrected chi connectivity index (χ1v) is 11.1. The Labute approximate surface area is 182 Å². The minimum absolute atomic E-state index is 0.148.